The molecule has 9 heteroatoms. The molecule has 1 atom stereocenters. The number of aromatic amines is 1. The molecule has 0 bridgehead atoms. The van der Waals surface area contributed by atoms with Crippen LogP contribution in [0.25, 0.3) is 0 Å². The van der Waals surface area contributed by atoms with E-state index in [1.807, 2.05) is 0 Å². The molecule has 1 aromatic rings. The number of H-pyrrole nitrogens is 1. The summed E-state index contributed by atoms with van der Waals surface area (Å²) in [6.07, 6.45) is 2.68. The number of halogens is 3. The highest BCUT2D eigenvalue weighted by molar-refractivity contribution is 5.96. The Morgan fingerprint density at radius 2 is 2.12 bits per heavy atom. The van der Waals surface area contributed by atoms with E-state index in [1.54, 1.807) is 0 Å². The third kappa shape index (κ3) is 4.00. The van der Waals surface area contributed by atoms with E-state index in [-0.39, 0.29) is 11.4 Å². The van der Waals surface area contributed by atoms with Crippen LogP contribution in [0.1, 0.15) is 42.5 Å². The zero-order valence-electron chi connectivity index (χ0n) is 13.2. The quantitative estimate of drug-likeness (QED) is 0.828. The van der Waals surface area contributed by atoms with E-state index in [2.05, 4.69) is 25.2 Å². The van der Waals surface area contributed by atoms with Gasteiger partial charge >= 0.3 is 6.18 Å². The van der Waals surface area contributed by atoms with Crippen molar-refractivity contribution in [1.82, 2.24) is 20.4 Å². The first-order valence-corrected chi connectivity index (χ1v) is 8.21. The van der Waals surface area contributed by atoms with Crippen LogP contribution in [0.5, 0.6) is 5.88 Å². The largest absolute Gasteiger partial charge is 0.468 e. The van der Waals surface area contributed by atoms with E-state index >= 15 is 0 Å². The molecule has 1 aliphatic heterocycles. The molecule has 0 aromatic carbocycles. The maximum Gasteiger partial charge on any atom is 0.422 e. The Bertz CT molecular complexity index is 569. The number of carbonyl (C=O) groups excluding carboxylic acids is 1. The second-order valence-electron chi connectivity index (χ2n) is 6.35. The Balaban J connectivity index is 1.49. The van der Waals surface area contributed by atoms with Crippen LogP contribution in [0.2, 0.25) is 0 Å². The second-order valence-corrected chi connectivity index (χ2v) is 6.35. The van der Waals surface area contributed by atoms with Crippen molar-refractivity contribution < 1.29 is 22.7 Å². The fourth-order valence-corrected chi connectivity index (χ4v) is 3.40. The summed E-state index contributed by atoms with van der Waals surface area (Å²) >= 11 is 0. The number of ether oxygens (including phenoxy) is 1. The summed E-state index contributed by atoms with van der Waals surface area (Å²) in [5.74, 6) is -0.731. The van der Waals surface area contributed by atoms with Crippen molar-refractivity contribution in [3.63, 3.8) is 0 Å². The lowest BCUT2D eigenvalue weighted by molar-refractivity contribution is -0.154. The molecule has 2 aliphatic rings. The molecule has 1 aromatic heterocycles. The zero-order chi connectivity index (χ0) is 17.2. The fraction of sp³-hybridized carbons (Fsp3) is 0.733. The van der Waals surface area contributed by atoms with Crippen molar-refractivity contribution in [2.45, 2.75) is 50.4 Å². The summed E-state index contributed by atoms with van der Waals surface area (Å²) in [4.78, 5) is 14.6. The van der Waals surface area contributed by atoms with Crippen LogP contribution < -0.4 is 10.1 Å². The van der Waals surface area contributed by atoms with Crippen molar-refractivity contribution in [2.75, 3.05) is 19.7 Å². The van der Waals surface area contributed by atoms with Gasteiger partial charge in [-0.05, 0) is 19.3 Å². The van der Waals surface area contributed by atoms with Crippen molar-refractivity contribution >= 4 is 5.91 Å². The minimum atomic E-state index is -4.47. The van der Waals surface area contributed by atoms with Crippen LogP contribution in [-0.2, 0) is 0 Å². The Labute approximate surface area is 137 Å². The number of nitrogens with zero attached hydrogens (tertiary/aromatic N) is 2. The Morgan fingerprint density at radius 3 is 2.75 bits per heavy atom. The molecular formula is C15H21F3N4O2. The smallest absolute Gasteiger partial charge is 0.422 e. The minimum absolute atomic E-state index is 0.00834. The van der Waals surface area contributed by atoms with E-state index in [1.165, 1.54) is 31.9 Å². The highest BCUT2D eigenvalue weighted by Crippen LogP contribution is 2.30. The van der Waals surface area contributed by atoms with Crippen LogP contribution in [0, 0.1) is 0 Å². The highest BCUT2D eigenvalue weighted by Gasteiger charge is 2.35. The molecule has 1 unspecified atom stereocenters. The van der Waals surface area contributed by atoms with Crippen LogP contribution in [-0.4, -0.2) is 59.0 Å². The van der Waals surface area contributed by atoms with Crippen LogP contribution in [0.3, 0.4) is 0 Å². The lowest BCUT2D eigenvalue weighted by atomic mass is 9.98. The van der Waals surface area contributed by atoms with Crippen LogP contribution in [0.15, 0.2) is 6.20 Å². The van der Waals surface area contributed by atoms with Gasteiger partial charge in [-0.15, -0.1) is 0 Å². The normalized spacial score (nSPS) is 22.4. The molecule has 1 aliphatic carbocycles. The van der Waals surface area contributed by atoms with Crippen molar-refractivity contribution in [1.29, 1.82) is 0 Å². The number of alkyl halides is 3. The summed E-state index contributed by atoms with van der Waals surface area (Å²) < 4.78 is 41.2. The van der Waals surface area contributed by atoms with E-state index in [9.17, 15) is 18.0 Å². The number of amides is 1. The van der Waals surface area contributed by atoms with E-state index < -0.39 is 18.7 Å². The standard InChI is InChI=1S/C15H21F3N4O2/c16-15(17,18)9-24-14-12(8-20-21-14)13(23)19-7-11-5-6-22(11)10-3-1-2-4-10/h8,10-11H,1-7,9H2,(H,19,23)(H,20,21). The van der Waals surface area contributed by atoms with Gasteiger partial charge in [0, 0.05) is 25.2 Å². The molecule has 2 N–H and O–H groups in total. The summed E-state index contributed by atoms with van der Waals surface area (Å²) in [6, 6.07) is 0.920. The molecule has 24 heavy (non-hydrogen) atoms. The SMILES string of the molecule is O=C(NCC1CCN1C1CCCC1)c1cn[nH]c1OCC(F)(F)F. The van der Waals surface area contributed by atoms with E-state index in [0.717, 1.165) is 13.0 Å². The van der Waals surface area contributed by atoms with Crippen molar-refractivity contribution in [3.05, 3.63) is 11.8 Å². The molecule has 2 fully saturated rings. The van der Waals surface area contributed by atoms with Crippen molar-refractivity contribution in [3.8, 4) is 5.88 Å². The Morgan fingerprint density at radius 1 is 1.38 bits per heavy atom. The van der Waals surface area contributed by atoms with Gasteiger partial charge in [0.2, 0.25) is 5.88 Å². The predicted molar refractivity (Wildman–Crippen MR) is 79.8 cm³/mol. The van der Waals surface area contributed by atoms with Gasteiger partial charge < -0.3 is 10.1 Å². The molecule has 3 rings (SSSR count). The number of hydrogen-bond donors (Lipinski definition) is 2. The number of aromatic nitrogens is 2. The molecule has 134 valence electrons. The highest BCUT2D eigenvalue weighted by atomic mass is 19.4. The maximum absolute atomic E-state index is 12.2. The van der Waals surface area contributed by atoms with Gasteiger partial charge in [-0.1, -0.05) is 12.8 Å². The molecule has 1 saturated heterocycles. The monoisotopic (exact) mass is 346 g/mol. The van der Waals surface area contributed by atoms with Gasteiger partial charge in [-0.25, -0.2) is 5.10 Å². The van der Waals surface area contributed by atoms with Gasteiger partial charge in [0.05, 0.1) is 6.20 Å². The van der Waals surface area contributed by atoms with Crippen LogP contribution >= 0.6 is 0 Å². The van der Waals surface area contributed by atoms with Gasteiger partial charge in [0.15, 0.2) is 6.61 Å². The van der Waals surface area contributed by atoms with Gasteiger partial charge in [-0.3, -0.25) is 9.69 Å². The predicted octanol–water partition coefficient (Wildman–Crippen LogP) is 2.10. The Hall–Kier alpha value is -1.77. The topological polar surface area (TPSA) is 70.2 Å². The first kappa shape index (κ1) is 17.1. The van der Waals surface area contributed by atoms with Crippen LogP contribution in [0.4, 0.5) is 13.2 Å². The number of carbonyl (C=O) groups is 1. The first-order chi connectivity index (χ1) is 11.4. The molecule has 2 heterocycles. The summed E-state index contributed by atoms with van der Waals surface area (Å²) in [5, 5.41) is 8.66. The molecule has 1 amide bonds. The number of hydrogen-bond acceptors (Lipinski definition) is 4. The molecule has 1 saturated carbocycles. The first-order valence-electron chi connectivity index (χ1n) is 8.21. The molecule has 0 spiro atoms. The van der Waals surface area contributed by atoms with E-state index in [0.29, 0.717) is 18.6 Å². The molecule has 0 radical (unpaired) electrons. The lowest BCUT2D eigenvalue weighted by Crippen LogP contribution is -2.56. The third-order valence-electron chi connectivity index (χ3n) is 4.71. The summed E-state index contributed by atoms with van der Waals surface area (Å²) in [6.45, 7) is 0.0731. The van der Waals surface area contributed by atoms with Gasteiger partial charge in [0.1, 0.15) is 5.56 Å². The molecule has 6 nitrogen and oxygen atoms in total. The van der Waals surface area contributed by atoms with Gasteiger partial charge in [0.25, 0.3) is 5.91 Å². The maximum atomic E-state index is 12.2. The minimum Gasteiger partial charge on any atom is -0.468 e. The number of likely N-dealkylation sites (tertiary alicyclic amines) is 1. The number of rotatable bonds is 6. The van der Waals surface area contributed by atoms with E-state index in [4.69, 9.17) is 0 Å². The fourth-order valence-electron chi connectivity index (χ4n) is 3.40. The second kappa shape index (κ2) is 7.00. The number of nitrogens with one attached hydrogen (secondary N) is 2. The van der Waals surface area contributed by atoms with Gasteiger partial charge in [-0.2, -0.15) is 18.3 Å². The molecular weight excluding hydrogens is 325 g/mol. The third-order valence-corrected chi connectivity index (χ3v) is 4.71. The zero-order valence-corrected chi connectivity index (χ0v) is 13.2. The summed E-state index contributed by atoms with van der Waals surface area (Å²) in [5.41, 5.74) is -0.00834. The lowest BCUT2D eigenvalue weighted by Gasteiger charge is -2.45. The summed E-state index contributed by atoms with van der Waals surface area (Å²) in [7, 11) is 0. The van der Waals surface area contributed by atoms with Crippen molar-refractivity contribution in [2.24, 2.45) is 0 Å². The average Bonchev–Trinajstić information content (AvgIpc) is 3.14. The Kier molecular flexibility index (Phi) is 4.98. The average molecular weight is 346 g/mol.